The third-order valence-electron chi connectivity index (χ3n) is 6.29. The van der Waals surface area contributed by atoms with Crippen molar-refractivity contribution in [2.75, 3.05) is 25.3 Å². The first kappa shape index (κ1) is 29.1. The normalized spacial score (nSPS) is 10.7. The van der Waals surface area contributed by atoms with Crippen LogP contribution in [0.15, 0.2) is 102 Å². The van der Waals surface area contributed by atoms with Crippen LogP contribution in [0.5, 0.6) is 23.0 Å². The summed E-state index contributed by atoms with van der Waals surface area (Å²) in [5.74, 6) is 2.75. The Labute approximate surface area is 251 Å². The fourth-order valence-electron chi connectivity index (χ4n) is 4.28. The molecule has 11 nitrogen and oxygen atoms in total. The van der Waals surface area contributed by atoms with Crippen LogP contribution in [0.25, 0.3) is 5.69 Å². The summed E-state index contributed by atoms with van der Waals surface area (Å²) in [4.78, 5) is 23.6. The van der Waals surface area contributed by atoms with Crippen molar-refractivity contribution >= 4 is 29.0 Å². The fourth-order valence-corrected chi connectivity index (χ4v) is 5.05. The molecule has 218 valence electrons. The number of carbonyl (C=O) groups excluding carboxylic acids is 1. The van der Waals surface area contributed by atoms with E-state index in [1.807, 2.05) is 77.4 Å². The van der Waals surface area contributed by atoms with Crippen LogP contribution in [-0.2, 0) is 11.2 Å². The molecule has 4 aromatic carbocycles. The zero-order chi connectivity index (χ0) is 30.2. The molecule has 1 heterocycles. The molecule has 1 amide bonds. The number of amides is 1. The van der Waals surface area contributed by atoms with Crippen LogP contribution in [0.4, 0.5) is 11.4 Å². The van der Waals surface area contributed by atoms with E-state index in [1.54, 1.807) is 26.4 Å². The first-order valence-corrected chi connectivity index (χ1v) is 14.1. The van der Waals surface area contributed by atoms with Crippen LogP contribution < -0.4 is 19.5 Å². The van der Waals surface area contributed by atoms with Crippen molar-refractivity contribution in [3.05, 3.63) is 119 Å². The maximum Gasteiger partial charge on any atom is 0.292 e. The Morgan fingerprint density at radius 3 is 2.30 bits per heavy atom. The van der Waals surface area contributed by atoms with Crippen LogP contribution in [0.2, 0.25) is 0 Å². The number of nitro groups is 1. The molecule has 0 radical (unpaired) electrons. The number of hydrogen-bond donors (Lipinski definition) is 1. The molecule has 12 heteroatoms. The average Bonchev–Trinajstić information content (AvgIpc) is 3.43. The molecular formula is C31H27N5O6S. The van der Waals surface area contributed by atoms with Crippen molar-refractivity contribution in [2.24, 2.45) is 0 Å². The molecule has 0 aliphatic carbocycles. The van der Waals surface area contributed by atoms with E-state index in [1.165, 1.54) is 23.9 Å². The van der Waals surface area contributed by atoms with Gasteiger partial charge in [-0.1, -0.05) is 48.2 Å². The van der Waals surface area contributed by atoms with Gasteiger partial charge >= 0.3 is 0 Å². The Morgan fingerprint density at radius 1 is 0.884 bits per heavy atom. The van der Waals surface area contributed by atoms with Gasteiger partial charge in [0.15, 0.2) is 16.7 Å². The summed E-state index contributed by atoms with van der Waals surface area (Å²) < 4.78 is 18.6. The molecule has 43 heavy (non-hydrogen) atoms. The lowest BCUT2D eigenvalue weighted by Gasteiger charge is -2.13. The molecule has 0 aliphatic rings. The quantitative estimate of drug-likeness (QED) is 0.0999. The second-order valence-electron chi connectivity index (χ2n) is 9.12. The maximum atomic E-state index is 12.8. The third kappa shape index (κ3) is 7.11. The number of ether oxygens (including phenoxy) is 3. The first-order valence-electron chi connectivity index (χ1n) is 13.1. The van der Waals surface area contributed by atoms with Gasteiger partial charge in [0.25, 0.3) is 5.69 Å². The highest BCUT2D eigenvalue weighted by Gasteiger charge is 2.19. The van der Waals surface area contributed by atoms with Gasteiger partial charge in [-0.3, -0.25) is 19.5 Å². The van der Waals surface area contributed by atoms with Gasteiger partial charge in [0.2, 0.25) is 5.91 Å². The van der Waals surface area contributed by atoms with Gasteiger partial charge in [0.05, 0.1) is 24.9 Å². The zero-order valence-corrected chi connectivity index (χ0v) is 24.1. The summed E-state index contributed by atoms with van der Waals surface area (Å²) in [6.45, 7) is 0. The molecule has 0 saturated heterocycles. The summed E-state index contributed by atoms with van der Waals surface area (Å²) in [6.07, 6.45) is 0.415. The van der Waals surface area contributed by atoms with E-state index < -0.39 is 10.8 Å². The van der Waals surface area contributed by atoms with Gasteiger partial charge in [-0.25, -0.2) is 0 Å². The minimum absolute atomic E-state index is 0.0459. The molecule has 0 fully saturated rings. The SMILES string of the molecule is COc1ccc(Cc2nnc(SCC(=O)Nc3ccccc3[N+](=O)[O-])n2-c2ccc(Oc3ccccc3)cc2)cc1OC. The number of hydrogen-bond acceptors (Lipinski definition) is 9. The van der Waals surface area contributed by atoms with Gasteiger partial charge in [-0.2, -0.15) is 0 Å². The van der Waals surface area contributed by atoms with E-state index in [0.29, 0.717) is 34.7 Å². The lowest BCUT2D eigenvalue weighted by Crippen LogP contribution is -2.15. The molecule has 0 spiro atoms. The minimum atomic E-state index is -0.537. The highest BCUT2D eigenvalue weighted by molar-refractivity contribution is 7.99. The molecule has 1 N–H and O–H groups in total. The highest BCUT2D eigenvalue weighted by Crippen LogP contribution is 2.31. The average molecular weight is 598 g/mol. The number of nitro benzene ring substituents is 1. The molecular weight excluding hydrogens is 570 g/mol. The van der Waals surface area contributed by atoms with Crippen LogP contribution in [0.3, 0.4) is 0 Å². The molecule has 0 aliphatic heterocycles. The van der Waals surface area contributed by atoms with Gasteiger partial charge in [-0.05, 0) is 60.2 Å². The summed E-state index contributed by atoms with van der Waals surface area (Å²) >= 11 is 1.17. The number of methoxy groups -OCH3 is 2. The highest BCUT2D eigenvalue weighted by atomic mass is 32.2. The fraction of sp³-hybridized carbons (Fsp3) is 0.129. The van der Waals surface area contributed by atoms with Crippen molar-refractivity contribution < 1.29 is 23.9 Å². The number of nitrogens with one attached hydrogen (secondary N) is 1. The molecule has 1 aromatic heterocycles. The van der Waals surface area contributed by atoms with E-state index in [0.717, 1.165) is 17.0 Å². The smallest absolute Gasteiger partial charge is 0.292 e. The second-order valence-corrected chi connectivity index (χ2v) is 10.1. The summed E-state index contributed by atoms with van der Waals surface area (Å²) in [5, 5.41) is 23.3. The van der Waals surface area contributed by atoms with Crippen molar-refractivity contribution in [3.63, 3.8) is 0 Å². The lowest BCUT2D eigenvalue weighted by molar-refractivity contribution is -0.383. The van der Waals surface area contributed by atoms with Crippen molar-refractivity contribution in [1.82, 2.24) is 14.8 Å². The second kappa shape index (κ2) is 13.5. The Balaban J connectivity index is 1.40. The monoisotopic (exact) mass is 597 g/mol. The molecule has 0 bridgehead atoms. The summed E-state index contributed by atoms with van der Waals surface area (Å²) in [6, 6.07) is 28.5. The number of carbonyl (C=O) groups is 1. The van der Waals surface area contributed by atoms with E-state index in [9.17, 15) is 14.9 Å². The summed E-state index contributed by atoms with van der Waals surface area (Å²) in [5.41, 5.74) is 1.63. The predicted molar refractivity (Wildman–Crippen MR) is 163 cm³/mol. The van der Waals surface area contributed by atoms with E-state index in [-0.39, 0.29) is 17.1 Å². The van der Waals surface area contributed by atoms with E-state index >= 15 is 0 Å². The van der Waals surface area contributed by atoms with Crippen LogP contribution in [0.1, 0.15) is 11.4 Å². The number of para-hydroxylation sites is 3. The van der Waals surface area contributed by atoms with Gasteiger partial charge in [0, 0.05) is 18.2 Å². The molecule has 0 atom stereocenters. The van der Waals surface area contributed by atoms with Crippen molar-refractivity contribution in [3.8, 4) is 28.7 Å². The predicted octanol–water partition coefficient (Wildman–Crippen LogP) is 6.31. The van der Waals surface area contributed by atoms with Crippen molar-refractivity contribution in [2.45, 2.75) is 11.6 Å². The molecule has 5 rings (SSSR count). The van der Waals surface area contributed by atoms with E-state index in [4.69, 9.17) is 14.2 Å². The standard InChI is InChI=1S/C31H27N5O6S/c1-40-27-17-12-21(18-28(27)41-2)19-29-33-34-31(43-20-30(37)32-25-10-6-7-11-26(25)36(38)39)35(29)22-13-15-24(16-14-22)42-23-8-4-3-5-9-23/h3-18H,19-20H2,1-2H3,(H,32,37). The first-order chi connectivity index (χ1) is 20.9. The number of rotatable bonds is 12. The Hall–Kier alpha value is -5.36. The Morgan fingerprint density at radius 2 is 1.58 bits per heavy atom. The Kier molecular flexibility index (Phi) is 9.17. The minimum Gasteiger partial charge on any atom is -0.493 e. The van der Waals surface area contributed by atoms with E-state index in [2.05, 4.69) is 15.5 Å². The van der Waals surface area contributed by atoms with Gasteiger partial charge < -0.3 is 19.5 Å². The number of anilines is 1. The Bertz CT molecular complexity index is 1730. The zero-order valence-electron chi connectivity index (χ0n) is 23.3. The number of thioether (sulfide) groups is 1. The van der Waals surface area contributed by atoms with Crippen LogP contribution in [-0.4, -0.2) is 45.6 Å². The van der Waals surface area contributed by atoms with Crippen LogP contribution in [0, 0.1) is 10.1 Å². The topological polar surface area (TPSA) is 131 Å². The summed E-state index contributed by atoms with van der Waals surface area (Å²) in [7, 11) is 3.15. The number of benzene rings is 4. The van der Waals surface area contributed by atoms with Crippen molar-refractivity contribution in [1.29, 1.82) is 0 Å². The maximum absolute atomic E-state index is 12.8. The van der Waals surface area contributed by atoms with Gasteiger partial charge in [-0.15, -0.1) is 10.2 Å². The lowest BCUT2D eigenvalue weighted by atomic mass is 10.1. The largest absolute Gasteiger partial charge is 0.493 e. The number of nitrogens with zero attached hydrogens (tertiary/aromatic N) is 4. The van der Waals surface area contributed by atoms with Crippen LogP contribution >= 0.6 is 11.8 Å². The number of aromatic nitrogens is 3. The molecule has 0 saturated carbocycles. The molecule has 5 aromatic rings. The molecule has 0 unspecified atom stereocenters. The third-order valence-corrected chi connectivity index (χ3v) is 7.22. The van der Waals surface area contributed by atoms with Gasteiger partial charge in [0.1, 0.15) is 23.0 Å².